The van der Waals surface area contributed by atoms with Gasteiger partial charge in [0.25, 0.3) is 30.4 Å². The molecule has 1 aliphatic rings. The van der Waals surface area contributed by atoms with Crippen molar-refractivity contribution >= 4 is 41.5 Å². The number of hydrogen-bond acceptors (Lipinski definition) is 6. The van der Waals surface area contributed by atoms with E-state index >= 15 is 0 Å². The van der Waals surface area contributed by atoms with Gasteiger partial charge in [0, 0.05) is 5.92 Å². The summed E-state index contributed by atoms with van der Waals surface area (Å²) in [6.45, 7) is 1.94. The van der Waals surface area contributed by atoms with Crippen LogP contribution in [0.15, 0.2) is 99.6 Å². The van der Waals surface area contributed by atoms with Crippen LogP contribution >= 0.6 is 0 Å². The van der Waals surface area contributed by atoms with E-state index in [0.29, 0.717) is 16.7 Å². The van der Waals surface area contributed by atoms with Gasteiger partial charge in [0.1, 0.15) is 0 Å². The molecule has 2 unspecified atom stereocenters. The molecule has 3 aromatic carbocycles. The van der Waals surface area contributed by atoms with Crippen molar-refractivity contribution in [1.29, 1.82) is 0 Å². The van der Waals surface area contributed by atoms with Crippen LogP contribution in [0.2, 0.25) is 0 Å². The predicted octanol–water partition coefficient (Wildman–Crippen LogP) is 4.33. The summed E-state index contributed by atoms with van der Waals surface area (Å²) in [5, 5.41) is 0. The van der Waals surface area contributed by atoms with Crippen LogP contribution in [-0.4, -0.2) is 38.9 Å². The fourth-order valence-electron chi connectivity index (χ4n) is 4.29. The Hall–Kier alpha value is -3.13. The average molecular weight is 563 g/mol. The first-order chi connectivity index (χ1) is 17.1. The zero-order valence-electron chi connectivity index (χ0n) is 19.3. The van der Waals surface area contributed by atoms with E-state index in [4.69, 9.17) is 0 Å². The minimum atomic E-state index is -4.37. The van der Waals surface area contributed by atoms with Gasteiger partial charge >= 0.3 is 0 Å². The van der Waals surface area contributed by atoms with Gasteiger partial charge in [-0.2, -0.15) is 25.3 Å². The zero-order chi connectivity index (χ0) is 27.2. The van der Waals surface area contributed by atoms with Gasteiger partial charge < -0.3 is 0 Å². The molecule has 0 radical (unpaired) electrons. The zero-order valence-corrected chi connectivity index (χ0v) is 21.7. The van der Waals surface area contributed by atoms with Crippen molar-refractivity contribution in [2.75, 3.05) is 0 Å². The highest BCUT2D eigenvalue weighted by molar-refractivity contribution is 7.86. The molecule has 4 rings (SSSR count). The van der Waals surface area contributed by atoms with E-state index in [-0.39, 0.29) is 26.5 Å². The third kappa shape index (κ3) is 5.90. The Labute approximate surface area is 215 Å². The molecule has 0 fully saturated rings. The molecule has 2 atom stereocenters. The van der Waals surface area contributed by atoms with Crippen LogP contribution in [0.3, 0.4) is 0 Å². The Balaban J connectivity index is 1.83. The average Bonchev–Trinajstić information content (AvgIpc) is 2.83. The van der Waals surface area contributed by atoms with Gasteiger partial charge in [-0.1, -0.05) is 55.5 Å². The summed E-state index contributed by atoms with van der Waals surface area (Å²) in [6.07, 6.45) is 3.81. The third-order valence-corrected chi connectivity index (χ3v) is 8.84. The first-order valence-corrected chi connectivity index (χ1v) is 15.1. The minimum Gasteiger partial charge on any atom is -0.282 e. The fourth-order valence-corrected chi connectivity index (χ4v) is 5.73. The van der Waals surface area contributed by atoms with Gasteiger partial charge in [-0.05, 0) is 70.2 Å². The summed E-state index contributed by atoms with van der Waals surface area (Å²) in [5.41, 5.74) is 3.58. The van der Waals surface area contributed by atoms with E-state index in [2.05, 4.69) is 0 Å². The van der Waals surface area contributed by atoms with Crippen LogP contribution in [0.25, 0.3) is 11.1 Å². The molecule has 1 aliphatic carbocycles. The second kappa shape index (κ2) is 9.63. The quantitative estimate of drug-likeness (QED) is 0.371. The molecule has 3 aromatic rings. The Morgan fingerprint density at radius 2 is 0.946 bits per heavy atom. The van der Waals surface area contributed by atoms with E-state index in [0.717, 1.165) is 11.1 Å². The highest BCUT2D eigenvalue weighted by Crippen LogP contribution is 2.43. The van der Waals surface area contributed by atoms with Crippen LogP contribution in [0.4, 0.5) is 0 Å². The number of allylic oxidation sites excluding steroid dienone is 4. The Kier molecular flexibility index (Phi) is 7.01. The highest BCUT2D eigenvalue weighted by atomic mass is 32.2. The molecule has 0 saturated carbocycles. The molecule has 0 spiro atoms. The molecule has 194 valence electrons. The second-order valence-corrected chi connectivity index (χ2v) is 12.8. The van der Waals surface area contributed by atoms with E-state index in [1.54, 1.807) is 36.4 Å². The van der Waals surface area contributed by atoms with Crippen molar-refractivity contribution in [2.24, 2.45) is 5.92 Å². The normalized spacial score (nSPS) is 18.7. The number of rotatable bonds is 6. The second-order valence-electron chi connectivity index (χ2n) is 8.58. The summed E-state index contributed by atoms with van der Waals surface area (Å²) < 4.78 is 96.7. The first-order valence-electron chi connectivity index (χ1n) is 10.8. The Bertz CT molecular complexity index is 1720. The summed E-state index contributed by atoms with van der Waals surface area (Å²) in [7, 11) is -13.1. The minimum absolute atomic E-state index is 0.172. The van der Waals surface area contributed by atoms with Gasteiger partial charge in [-0.3, -0.25) is 13.7 Å². The maximum atomic E-state index is 11.5. The van der Waals surface area contributed by atoms with Crippen LogP contribution in [0.1, 0.15) is 29.5 Å². The Morgan fingerprint density at radius 3 is 1.35 bits per heavy atom. The summed E-state index contributed by atoms with van der Waals surface area (Å²) in [5.74, 6) is -0.457. The SMILES string of the molecule is CC1C(c2ccc(S(=O)(=O)O)cc2)=CC(c2ccc(S(=O)(=O)O)cc2)=CC1c1ccc(S(=O)(=O)O)cc1. The van der Waals surface area contributed by atoms with Crippen LogP contribution in [0.5, 0.6) is 0 Å². The first kappa shape index (κ1) is 26.9. The smallest absolute Gasteiger partial charge is 0.282 e. The topological polar surface area (TPSA) is 163 Å². The molecular weight excluding hydrogens is 540 g/mol. The van der Waals surface area contributed by atoms with Crippen molar-refractivity contribution in [1.82, 2.24) is 0 Å². The molecule has 0 bridgehead atoms. The van der Waals surface area contributed by atoms with E-state index in [9.17, 15) is 38.9 Å². The largest absolute Gasteiger partial charge is 0.294 e. The summed E-state index contributed by atoms with van der Waals surface area (Å²) in [6, 6.07) is 17.1. The molecule has 37 heavy (non-hydrogen) atoms. The van der Waals surface area contributed by atoms with Gasteiger partial charge in [0.05, 0.1) is 14.7 Å². The predicted molar refractivity (Wildman–Crippen MR) is 137 cm³/mol. The maximum Gasteiger partial charge on any atom is 0.294 e. The monoisotopic (exact) mass is 562 g/mol. The van der Waals surface area contributed by atoms with Crippen molar-refractivity contribution in [3.8, 4) is 0 Å². The number of hydrogen-bond donors (Lipinski definition) is 3. The van der Waals surface area contributed by atoms with Gasteiger partial charge in [-0.25, -0.2) is 0 Å². The molecule has 0 aliphatic heterocycles. The van der Waals surface area contributed by atoms with Gasteiger partial charge in [0.2, 0.25) is 0 Å². The van der Waals surface area contributed by atoms with Gasteiger partial charge in [0.15, 0.2) is 0 Å². The van der Waals surface area contributed by atoms with E-state index in [1.165, 1.54) is 36.4 Å². The Morgan fingerprint density at radius 1 is 0.568 bits per heavy atom. The molecule has 0 amide bonds. The number of benzene rings is 3. The van der Waals surface area contributed by atoms with Crippen molar-refractivity contribution in [3.63, 3.8) is 0 Å². The lowest BCUT2D eigenvalue weighted by Crippen LogP contribution is -2.14. The van der Waals surface area contributed by atoms with E-state index in [1.807, 2.05) is 19.1 Å². The molecule has 0 aromatic heterocycles. The molecule has 0 saturated heterocycles. The molecule has 9 nitrogen and oxygen atoms in total. The maximum absolute atomic E-state index is 11.5. The standard InChI is InChI=1S/C25H22O9S3/c1-16-24(18-4-10-22(11-5-18)36(29,30)31)14-20(17-2-8-21(9-3-17)35(26,27)28)15-25(16)19-6-12-23(13-7-19)37(32,33)34/h2-16,24H,1H3,(H,26,27,28)(H,29,30,31)(H,32,33,34). The fraction of sp³-hybridized carbons (Fsp3) is 0.120. The van der Waals surface area contributed by atoms with Crippen molar-refractivity contribution in [2.45, 2.75) is 27.5 Å². The molecule has 0 heterocycles. The van der Waals surface area contributed by atoms with Crippen LogP contribution in [0, 0.1) is 5.92 Å². The third-order valence-electron chi connectivity index (χ3n) is 6.23. The molecular formula is C25H22O9S3. The van der Waals surface area contributed by atoms with Crippen molar-refractivity contribution < 1.29 is 38.9 Å². The lowest BCUT2D eigenvalue weighted by Gasteiger charge is -2.30. The van der Waals surface area contributed by atoms with Crippen molar-refractivity contribution in [3.05, 3.63) is 102 Å². The van der Waals surface area contributed by atoms with E-state index < -0.39 is 30.4 Å². The summed E-state index contributed by atoms with van der Waals surface area (Å²) in [4.78, 5) is -0.765. The highest BCUT2D eigenvalue weighted by Gasteiger charge is 2.27. The lowest BCUT2D eigenvalue weighted by molar-refractivity contribution is 0.481. The van der Waals surface area contributed by atoms with Crippen LogP contribution in [-0.2, 0) is 30.4 Å². The van der Waals surface area contributed by atoms with Gasteiger partial charge in [-0.15, -0.1) is 0 Å². The molecule has 12 heteroatoms. The van der Waals surface area contributed by atoms with Crippen LogP contribution < -0.4 is 0 Å². The lowest BCUT2D eigenvalue weighted by atomic mass is 9.74. The summed E-state index contributed by atoms with van der Waals surface area (Å²) >= 11 is 0. The molecule has 3 N–H and O–H groups in total.